The molecule has 2 aliphatic carbocycles. The first-order chi connectivity index (χ1) is 16.4. The number of rotatable bonds is 7. The van der Waals surface area contributed by atoms with E-state index in [-0.39, 0.29) is 46.9 Å². The standard InChI is InChI=1S/C24H20N4O6/c29-20(26-17-4-2-1-3-5-17)13-34-19-9-6-14(10-18(19)28(32)33)12-25-27-23(30)21-15-7-8-16(11-15)22(21)24(27)31/h1-10,12,15-16,21-22H,11,13H2,(H,26,29). The van der Waals surface area contributed by atoms with Crippen molar-refractivity contribution < 1.29 is 24.0 Å². The lowest BCUT2D eigenvalue weighted by molar-refractivity contribution is -0.385. The number of ether oxygens (including phenoxy) is 1. The summed E-state index contributed by atoms with van der Waals surface area (Å²) >= 11 is 0. The molecule has 0 aromatic heterocycles. The summed E-state index contributed by atoms with van der Waals surface area (Å²) in [6, 6.07) is 12.8. The largest absolute Gasteiger partial charge is 0.477 e. The number of imide groups is 1. The molecular weight excluding hydrogens is 440 g/mol. The molecular formula is C24H20N4O6. The van der Waals surface area contributed by atoms with Crippen molar-refractivity contribution in [1.29, 1.82) is 0 Å². The van der Waals surface area contributed by atoms with Crippen molar-refractivity contribution >= 4 is 35.3 Å². The summed E-state index contributed by atoms with van der Waals surface area (Å²) in [6.07, 6.45) is 6.05. The van der Waals surface area contributed by atoms with Gasteiger partial charge in [-0.05, 0) is 42.5 Å². The zero-order chi connectivity index (χ0) is 23.8. The Balaban J connectivity index is 1.27. The van der Waals surface area contributed by atoms with E-state index in [1.54, 1.807) is 24.3 Å². The zero-order valence-corrected chi connectivity index (χ0v) is 17.9. The van der Waals surface area contributed by atoms with Crippen LogP contribution in [0.2, 0.25) is 0 Å². The number of carbonyl (C=O) groups is 3. The van der Waals surface area contributed by atoms with Gasteiger partial charge in [0, 0.05) is 17.3 Å². The fourth-order valence-corrected chi connectivity index (χ4v) is 4.87. The van der Waals surface area contributed by atoms with Gasteiger partial charge in [-0.25, -0.2) is 0 Å². The predicted molar refractivity (Wildman–Crippen MR) is 121 cm³/mol. The number of hydrazone groups is 1. The highest BCUT2D eigenvalue weighted by Gasteiger charge is 2.59. The maximum atomic E-state index is 12.7. The van der Waals surface area contributed by atoms with E-state index in [2.05, 4.69) is 10.4 Å². The van der Waals surface area contributed by atoms with E-state index < -0.39 is 17.4 Å². The van der Waals surface area contributed by atoms with Crippen LogP contribution in [0.5, 0.6) is 5.75 Å². The highest BCUT2D eigenvalue weighted by Crippen LogP contribution is 2.52. The molecule has 10 nitrogen and oxygen atoms in total. The number of para-hydroxylation sites is 1. The molecule has 10 heteroatoms. The van der Waals surface area contributed by atoms with Crippen molar-refractivity contribution in [2.24, 2.45) is 28.8 Å². The normalized spacial score (nSPS) is 24.6. The molecule has 172 valence electrons. The lowest BCUT2D eigenvalue weighted by Crippen LogP contribution is -2.28. The molecule has 1 N–H and O–H groups in total. The Morgan fingerprint density at radius 3 is 2.44 bits per heavy atom. The number of amides is 3. The van der Waals surface area contributed by atoms with E-state index in [0.29, 0.717) is 11.3 Å². The van der Waals surface area contributed by atoms with E-state index in [1.807, 2.05) is 18.2 Å². The highest BCUT2D eigenvalue weighted by atomic mass is 16.6. The molecule has 2 aromatic rings. The molecule has 2 bridgehead atoms. The fourth-order valence-electron chi connectivity index (χ4n) is 4.87. The van der Waals surface area contributed by atoms with Gasteiger partial charge in [0.15, 0.2) is 12.4 Å². The summed E-state index contributed by atoms with van der Waals surface area (Å²) < 4.78 is 5.36. The van der Waals surface area contributed by atoms with Crippen LogP contribution in [0, 0.1) is 33.8 Å². The summed E-state index contributed by atoms with van der Waals surface area (Å²) in [5.41, 5.74) is 0.525. The smallest absolute Gasteiger partial charge is 0.311 e. The van der Waals surface area contributed by atoms with E-state index in [9.17, 15) is 24.5 Å². The number of nitro benzene ring substituents is 1. The number of hydrogen-bond acceptors (Lipinski definition) is 7. The Kier molecular flexibility index (Phi) is 5.40. The van der Waals surface area contributed by atoms with Gasteiger partial charge in [-0.3, -0.25) is 24.5 Å². The Bertz CT molecular complexity index is 1210. The second kappa shape index (κ2) is 8.54. The van der Waals surface area contributed by atoms with Crippen molar-refractivity contribution in [1.82, 2.24) is 5.01 Å². The molecule has 34 heavy (non-hydrogen) atoms. The average molecular weight is 460 g/mol. The number of allylic oxidation sites excluding steroid dienone is 2. The summed E-state index contributed by atoms with van der Waals surface area (Å²) in [5, 5.41) is 19.1. The monoisotopic (exact) mass is 460 g/mol. The quantitative estimate of drug-likeness (QED) is 0.222. The van der Waals surface area contributed by atoms with E-state index in [1.165, 1.54) is 24.4 Å². The van der Waals surface area contributed by atoms with Gasteiger partial charge in [-0.2, -0.15) is 10.1 Å². The number of nitrogens with zero attached hydrogens (tertiary/aromatic N) is 3. The van der Waals surface area contributed by atoms with Crippen LogP contribution in [0.25, 0.3) is 0 Å². The van der Waals surface area contributed by atoms with Gasteiger partial charge in [0.05, 0.1) is 23.0 Å². The minimum Gasteiger partial charge on any atom is -0.477 e. The molecule has 2 aromatic carbocycles. The van der Waals surface area contributed by atoms with Gasteiger partial charge in [-0.1, -0.05) is 30.4 Å². The van der Waals surface area contributed by atoms with E-state index >= 15 is 0 Å². The number of benzene rings is 2. The first-order valence-corrected chi connectivity index (χ1v) is 10.8. The molecule has 3 amide bonds. The Hall–Kier alpha value is -4.34. The summed E-state index contributed by atoms with van der Waals surface area (Å²) in [7, 11) is 0. The maximum absolute atomic E-state index is 12.7. The molecule has 0 spiro atoms. The molecule has 4 atom stereocenters. The van der Waals surface area contributed by atoms with Crippen molar-refractivity contribution in [2.75, 3.05) is 11.9 Å². The molecule has 4 unspecified atom stereocenters. The van der Waals surface area contributed by atoms with Crippen molar-refractivity contribution in [3.8, 4) is 5.75 Å². The second-order valence-electron chi connectivity index (χ2n) is 8.42. The van der Waals surface area contributed by atoms with Gasteiger partial charge >= 0.3 is 5.69 Å². The SMILES string of the molecule is O=C(COc1ccc(C=NN2C(=O)C3C4C=CC(C4)C3C2=O)cc1[N+](=O)[O-])Nc1ccccc1. The van der Waals surface area contributed by atoms with Gasteiger partial charge < -0.3 is 10.1 Å². The van der Waals surface area contributed by atoms with Gasteiger partial charge in [-0.15, -0.1) is 0 Å². The lowest BCUT2D eigenvalue weighted by atomic mass is 9.85. The Morgan fingerprint density at radius 2 is 1.79 bits per heavy atom. The van der Waals surface area contributed by atoms with Crippen LogP contribution in [-0.2, 0) is 14.4 Å². The third-order valence-corrected chi connectivity index (χ3v) is 6.37. The number of nitrogens with one attached hydrogen (secondary N) is 1. The van der Waals surface area contributed by atoms with Crippen molar-refractivity contribution in [3.63, 3.8) is 0 Å². The molecule has 3 aliphatic rings. The zero-order valence-electron chi connectivity index (χ0n) is 17.9. The summed E-state index contributed by atoms with van der Waals surface area (Å²) in [5.74, 6) is -1.81. The van der Waals surface area contributed by atoms with Crippen LogP contribution >= 0.6 is 0 Å². The molecule has 1 aliphatic heterocycles. The van der Waals surface area contributed by atoms with Gasteiger partial charge in [0.2, 0.25) is 0 Å². The van der Waals surface area contributed by atoms with Gasteiger partial charge in [0.1, 0.15) is 0 Å². The lowest BCUT2D eigenvalue weighted by Gasteiger charge is -2.13. The molecule has 1 saturated heterocycles. The molecule has 1 saturated carbocycles. The van der Waals surface area contributed by atoms with Crippen molar-refractivity contribution in [2.45, 2.75) is 6.42 Å². The van der Waals surface area contributed by atoms with Crippen molar-refractivity contribution in [3.05, 3.63) is 76.4 Å². The van der Waals surface area contributed by atoms with Crippen LogP contribution in [0.4, 0.5) is 11.4 Å². The molecule has 5 rings (SSSR count). The van der Waals surface area contributed by atoms with Gasteiger partial charge in [0.25, 0.3) is 17.7 Å². The summed E-state index contributed by atoms with van der Waals surface area (Å²) in [4.78, 5) is 48.4. The van der Waals surface area contributed by atoms with E-state index in [0.717, 1.165) is 11.4 Å². The van der Waals surface area contributed by atoms with Crippen LogP contribution < -0.4 is 10.1 Å². The fraction of sp³-hybridized carbons (Fsp3) is 0.250. The molecule has 1 heterocycles. The number of nitro groups is 1. The highest BCUT2D eigenvalue weighted by molar-refractivity contribution is 6.06. The molecule has 2 fully saturated rings. The maximum Gasteiger partial charge on any atom is 0.311 e. The number of fused-ring (bicyclic) bond motifs is 5. The van der Waals surface area contributed by atoms with Crippen LogP contribution in [0.3, 0.4) is 0 Å². The third kappa shape index (κ3) is 3.83. The first kappa shape index (κ1) is 21.5. The number of carbonyl (C=O) groups excluding carboxylic acids is 3. The van der Waals surface area contributed by atoms with E-state index in [4.69, 9.17) is 4.74 Å². The average Bonchev–Trinajstić information content (AvgIpc) is 3.51. The topological polar surface area (TPSA) is 131 Å². The van der Waals surface area contributed by atoms with Crippen LogP contribution in [-0.4, -0.2) is 40.5 Å². The van der Waals surface area contributed by atoms with Crippen LogP contribution in [0.15, 0.2) is 65.8 Å². The minimum atomic E-state index is -0.637. The number of anilines is 1. The molecule has 0 radical (unpaired) electrons. The van der Waals surface area contributed by atoms with Crippen LogP contribution in [0.1, 0.15) is 12.0 Å². The Labute approximate surface area is 194 Å². The number of hydrogen-bond donors (Lipinski definition) is 1. The summed E-state index contributed by atoms with van der Waals surface area (Å²) in [6.45, 7) is -0.418. The third-order valence-electron chi connectivity index (χ3n) is 6.37. The second-order valence-corrected chi connectivity index (χ2v) is 8.42. The minimum absolute atomic E-state index is 0.0725. The Morgan fingerprint density at radius 1 is 1.12 bits per heavy atom. The predicted octanol–water partition coefficient (Wildman–Crippen LogP) is 2.75. The first-order valence-electron chi connectivity index (χ1n) is 10.8.